The van der Waals surface area contributed by atoms with Crippen LogP contribution in [0.2, 0.25) is 5.15 Å². The Morgan fingerprint density at radius 1 is 1.56 bits per heavy atom. The molecule has 0 saturated carbocycles. The highest BCUT2D eigenvalue weighted by molar-refractivity contribution is 14.1. The third-order valence-corrected chi connectivity index (χ3v) is 3.06. The first kappa shape index (κ1) is 14.3. The van der Waals surface area contributed by atoms with Gasteiger partial charge in [-0.2, -0.15) is 0 Å². The normalized spacial score (nSPS) is 10.5. The summed E-state index contributed by atoms with van der Waals surface area (Å²) >= 11 is 9.56. The standard InChI is InChI=1S/C9H13ClIN3OS/c1-14(3-4-15-6-11)8-5-7(10)12-9(13-8)16-2/h5H,3-4,6H2,1-2H3. The fraction of sp³-hybridized carbons (Fsp3) is 0.556. The summed E-state index contributed by atoms with van der Waals surface area (Å²) in [5.41, 5.74) is 0. The summed E-state index contributed by atoms with van der Waals surface area (Å²) in [4.78, 5) is 10.5. The first-order valence-corrected chi connectivity index (χ1v) is 7.73. The summed E-state index contributed by atoms with van der Waals surface area (Å²) in [6.07, 6.45) is 1.93. The highest BCUT2D eigenvalue weighted by Crippen LogP contribution is 2.19. The first-order chi connectivity index (χ1) is 7.67. The van der Waals surface area contributed by atoms with E-state index in [-0.39, 0.29) is 0 Å². The molecule has 0 atom stereocenters. The van der Waals surface area contributed by atoms with Crippen molar-refractivity contribution in [2.45, 2.75) is 5.16 Å². The van der Waals surface area contributed by atoms with Crippen molar-refractivity contribution >= 4 is 51.8 Å². The average molecular weight is 374 g/mol. The monoisotopic (exact) mass is 373 g/mol. The Hall–Kier alpha value is 0.210. The summed E-state index contributed by atoms with van der Waals surface area (Å²) in [7, 11) is 1.96. The molecule has 0 bridgehead atoms. The zero-order valence-corrected chi connectivity index (χ0v) is 12.8. The van der Waals surface area contributed by atoms with Crippen molar-refractivity contribution in [1.82, 2.24) is 9.97 Å². The van der Waals surface area contributed by atoms with Gasteiger partial charge in [-0.15, -0.1) is 0 Å². The molecule has 90 valence electrons. The number of thioether (sulfide) groups is 1. The van der Waals surface area contributed by atoms with Gasteiger partial charge in [-0.05, 0) is 6.26 Å². The predicted molar refractivity (Wildman–Crippen MR) is 76.9 cm³/mol. The molecule has 0 radical (unpaired) electrons. The fourth-order valence-corrected chi connectivity index (χ4v) is 1.96. The van der Waals surface area contributed by atoms with Crippen LogP contribution in [-0.2, 0) is 4.74 Å². The summed E-state index contributed by atoms with van der Waals surface area (Å²) in [5.74, 6) is 0.821. The van der Waals surface area contributed by atoms with Crippen LogP contribution in [0.25, 0.3) is 0 Å². The number of hydrogen-bond acceptors (Lipinski definition) is 5. The van der Waals surface area contributed by atoms with E-state index >= 15 is 0 Å². The van der Waals surface area contributed by atoms with E-state index in [0.717, 1.165) is 12.4 Å². The van der Waals surface area contributed by atoms with Crippen LogP contribution in [0.5, 0.6) is 0 Å². The maximum atomic E-state index is 5.91. The van der Waals surface area contributed by atoms with Crippen molar-refractivity contribution in [3.63, 3.8) is 0 Å². The number of rotatable bonds is 6. The molecule has 0 unspecified atom stereocenters. The van der Waals surface area contributed by atoms with Crippen molar-refractivity contribution < 1.29 is 4.74 Å². The van der Waals surface area contributed by atoms with Gasteiger partial charge >= 0.3 is 0 Å². The molecule has 0 aliphatic rings. The summed E-state index contributed by atoms with van der Waals surface area (Å²) in [6, 6.07) is 1.76. The average Bonchev–Trinajstić information content (AvgIpc) is 2.28. The number of ether oxygens (including phenoxy) is 1. The van der Waals surface area contributed by atoms with Crippen LogP contribution in [-0.4, -0.2) is 41.0 Å². The van der Waals surface area contributed by atoms with Gasteiger partial charge in [0.25, 0.3) is 0 Å². The minimum Gasteiger partial charge on any atom is -0.369 e. The summed E-state index contributed by atoms with van der Waals surface area (Å²) in [5, 5.41) is 1.15. The van der Waals surface area contributed by atoms with Gasteiger partial charge in [-0.25, -0.2) is 9.97 Å². The number of likely N-dealkylation sites (N-methyl/N-ethyl adjacent to an activating group) is 1. The Kier molecular flexibility index (Phi) is 6.71. The summed E-state index contributed by atoms with van der Waals surface area (Å²) in [6.45, 7) is 1.46. The molecular weight excluding hydrogens is 361 g/mol. The van der Waals surface area contributed by atoms with E-state index in [1.54, 1.807) is 6.07 Å². The zero-order chi connectivity index (χ0) is 12.0. The minimum absolute atomic E-state index is 0.469. The lowest BCUT2D eigenvalue weighted by Gasteiger charge is -2.18. The maximum Gasteiger partial charge on any atom is 0.190 e. The van der Waals surface area contributed by atoms with Gasteiger partial charge in [0.2, 0.25) is 0 Å². The molecule has 0 amide bonds. The van der Waals surface area contributed by atoms with Crippen molar-refractivity contribution in [1.29, 1.82) is 0 Å². The molecule has 4 nitrogen and oxygen atoms in total. The van der Waals surface area contributed by atoms with E-state index in [1.807, 2.05) is 18.2 Å². The smallest absolute Gasteiger partial charge is 0.190 e. The Balaban J connectivity index is 2.66. The molecule has 7 heteroatoms. The van der Waals surface area contributed by atoms with Crippen LogP contribution in [0, 0.1) is 0 Å². The number of alkyl halides is 1. The van der Waals surface area contributed by atoms with Crippen LogP contribution in [0.3, 0.4) is 0 Å². The lowest BCUT2D eigenvalue weighted by molar-refractivity contribution is 0.198. The second-order valence-electron chi connectivity index (χ2n) is 2.97. The highest BCUT2D eigenvalue weighted by Gasteiger charge is 2.06. The minimum atomic E-state index is 0.469. The Bertz CT molecular complexity index is 343. The van der Waals surface area contributed by atoms with Crippen molar-refractivity contribution in [3.8, 4) is 0 Å². The SMILES string of the molecule is CSc1nc(Cl)cc(N(C)CCOCI)n1. The van der Waals surface area contributed by atoms with E-state index in [1.165, 1.54) is 11.8 Å². The van der Waals surface area contributed by atoms with Crippen LogP contribution < -0.4 is 4.90 Å². The third kappa shape index (κ3) is 4.60. The molecular formula is C9H13ClIN3OS. The van der Waals surface area contributed by atoms with Crippen LogP contribution in [0.1, 0.15) is 0 Å². The molecule has 0 fully saturated rings. The van der Waals surface area contributed by atoms with Crippen LogP contribution >= 0.6 is 46.0 Å². The van der Waals surface area contributed by atoms with Crippen molar-refractivity contribution in [2.24, 2.45) is 0 Å². The van der Waals surface area contributed by atoms with Gasteiger partial charge in [-0.3, -0.25) is 0 Å². The van der Waals surface area contributed by atoms with E-state index in [0.29, 0.717) is 21.5 Å². The number of nitrogens with zero attached hydrogens (tertiary/aromatic N) is 3. The Morgan fingerprint density at radius 2 is 2.31 bits per heavy atom. The van der Waals surface area contributed by atoms with Crippen LogP contribution in [0.4, 0.5) is 5.82 Å². The molecule has 1 aromatic rings. The third-order valence-electron chi connectivity index (χ3n) is 1.88. The zero-order valence-electron chi connectivity index (χ0n) is 9.11. The molecule has 0 N–H and O–H groups in total. The van der Waals surface area contributed by atoms with Gasteiger partial charge in [0.05, 0.1) is 11.2 Å². The number of anilines is 1. The number of hydrogen-bond donors (Lipinski definition) is 0. The Labute approximate surface area is 118 Å². The van der Waals surface area contributed by atoms with Crippen molar-refractivity contribution in [2.75, 3.05) is 36.0 Å². The van der Waals surface area contributed by atoms with E-state index < -0.39 is 0 Å². The lowest BCUT2D eigenvalue weighted by atomic mass is 10.5. The van der Waals surface area contributed by atoms with Gasteiger partial charge in [0.15, 0.2) is 5.16 Å². The first-order valence-electron chi connectivity index (χ1n) is 4.60. The molecule has 0 aromatic carbocycles. The molecule has 1 aromatic heterocycles. The number of halogens is 2. The van der Waals surface area contributed by atoms with Crippen molar-refractivity contribution in [3.05, 3.63) is 11.2 Å². The second-order valence-corrected chi connectivity index (χ2v) is 4.76. The Morgan fingerprint density at radius 3 is 2.94 bits per heavy atom. The number of aromatic nitrogens is 2. The molecule has 1 rings (SSSR count). The van der Waals surface area contributed by atoms with Gasteiger partial charge in [-0.1, -0.05) is 46.0 Å². The predicted octanol–water partition coefficient (Wildman–Crippen LogP) is 2.70. The second kappa shape index (κ2) is 7.52. The molecule has 0 saturated heterocycles. The molecule has 16 heavy (non-hydrogen) atoms. The van der Waals surface area contributed by atoms with E-state index in [9.17, 15) is 0 Å². The quantitative estimate of drug-likeness (QED) is 0.191. The van der Waals surface area contributed by atoms with Crippen LogP contribution in [0.15, 0.2) is 11.2 Å². The lowest BCUT2D eigenvalue weighted by Crippen LogP contribution is -2.23. The molecule has 0 spiro atoms. The molecule has 0 aliphatic carbocycles. The van der Waals surface area contributed by atoms with Gasteiger partial charge < -0.3 is 9.64 Å². The van der Waals surface area contributed by atoms with Gasteiger partial charge in [0.1, 0.15) is 11.0 Å². The topological polar surface area (TPSA) is 38.2 Å². The summed E-state index contributed by atoms with van der Waals surface area (Å²) < 4.78 is 5.98. The fourth-order valence-electron chi connectivity index (χ4n) is 1.04. The largest absolute Gasteiger partial charge is 0.369 e. The van der Waals surface area contributed by atoms with E-state index in [2.05, 4.69) is 32.6 Å². The van der Waals surface area contributed by atoms with Gasteiger partial charge in [0, 0.05) is 19.7 Å². The molecule has 1 heterocycles. The highest BCUT2D eigenvalue weighted by atomic mass is 127. The molecule has 0 aliphatic heterocycles. The van der Waals surface area contributed by atoms with E-state index in [4.69, 9.17) is 16.3 Å². The maximum absolute atomic E-state index is 5.91.